The highest BCUT2D eigenvalue weighted by atomic mass is 32.2. The first kappa shape index (κ1) is 10.9. The van der Waals surface area contributed by atoms with Crippen LogP contribution in [0.1, 0.15) is 25.7 Å². The van der Waals surface area contributed by atoms with Gasteiger partial charge in [0.25, 0.3) is 0 Å². The number of thioether (sulfide) groups is 1. The minimum absolute atomic E-state index is 0.726. The van der Waals surface area contributed by atoms with Gasteiger partial charge in [0.1, 0.15) is 0 Å². The number of nitrogens with zero attached hydrogens (tertiary/aromatic N) is 4. The van der Waals surface area contributed by atoms with Crippen LogP contribution < -0.4 is 5.32 Å². The molecule has 0 aliphatic heterocycles. The highest BCUT2D eigenvalue weighted by Gasteiger charge is 2.19. The molecule has 0 unspecified atom stereocenters. The lowest BCUT2D eigenvalue weighted by Gasteiger charge is -2.07. The predicted molar refractivity (Wildman–Crippen MR) is 59.9 cm³/mol. The molecule has 84 valence electrons. The summed E-state index contributed by atoms with van der Waals surface area (Å²) in [4.78, 5) is 0. The largest absolute Gasteiger partial charge is 0.318 e. The monoisotopic (exact) mass is 227 g/mol. The van der Waals surface area contributed by atoms with Gasteiger partial charge in [0.2, 0.25) is 5.16 Å². The number of nitrogens with one attached hydrogen (secondary N) is 1. The van der Waals surface area contributed by atoms with Crippen molar-refractivity contribution in [2.45, 2.75) is 42.6 Å². The summed E-state index contributed by atoms with van der Waals surface area (Å²) >= 11 is 1.83. The van der Waals surface area contributed by atoms with Crippen molar-refractivity contribution in [2.24, 2.45) is 0 Å². The van der Waals surface area contributed by atoms with Crippen molar-refractivity contribution in [3.8, 4) is 0 Å². The zero-order chi connectivity index (χ0) is 10.5. The molecule has 1 N–H and O–H groups in total. The number of tetrazole rings is 1. The summed E-state index contributed by atoms with van der Waals surface area (Å²) in [6.07, 6.45) is 5.33. The maximum atomic E-state index is 4.07. The Balaban J connectivity index is 1.91. The summed E-state index contributed by atoms with van der Waals surface area (Å²) in [6.45, 7) is 1.75. The first-order chi connectivity index (χ1) is 7.40. The fourth-order valence-corrected chi connectivity index (χ4v) is 2.99. The van der Waals surface area contributed by atoms with Crippen molar-refractivity contribution in [1.82, 2.24) is 25.5 Å². The van der Waals surface area contributed by atoms with Crippen LogP contribution in [-0.2, 0) is 6.54 Å². The molecule has 0 spiro atoms. The zero-order valence-electron chi connectivity index (χ0n) is 9.02. The predicted octanol–water partition coefficient (Wildman–Crippen LogP) is 0.927. The fraction of sp³-hybridized carbons (Fsp3) is 0.889. The summed E-state index contributed by atoms with van der Waals surface area (Å²) in [6, 6.07) is 0. The van der Waals surface area contributed by atoms with Crippen molar-refractivity contribution < 1.29 is 0 Å². The van der Waals surface area contributed by atoms with Gasteiger partial charge in [0.05, 0.1) is 6.54 Å². The smallest absolute Gasteiger partial charge is 0.209 e. The molecule has 0 aromatic carbocycles. The maximum Gasteiger partial charge on any atom is 0.209 e. The average molecular weight is 227 g/mol. The van der Waals surface area contributed by atoms with Gasteiger partial charge in [-0.25, -0.2) is 4.68 Å². The second-order valence-corrected chi connectivity index (χ2v) is 5.08. The minimum atomic E-state index is 0.726. The molecule has 0 radical (unpaired) electrons. The Hall–Kier alpha value is -0.620. The van der Waals surface area contributed by atoms with Crippen LogP contribution in [0.5, 0.6) is 0 Å². The molecule has 2 rings (SSSR count). The van der Waals surface area contributed by atoms with Crippen LogP contribution >= 0.6 is 11.8 Å². The second kappa shape index (κ2) is 5.46. The van der Waals surface area contributed by atoms with E-state index in [1.807, 2.05) is 23.5 Å². The molecule has 0 atom stereocenters. The molecule has 0 bridgehead atoms. The van der Waals surface area contributed by atoms with E-state index in [9.17, 15) is 0 Å². The van der Waals surface area contributed by atoms with Gasteiger partial charge in [0.15, 0.2) is 0 Å². The molecule has 1 aromatic rings. The number of rotatable bonds is 5. The zero-order valence-corrected chi connectivity index (χ0v) is 9.83. The SMILES string of the molecule is CNCCn1nnnc1SC1CCCC1. The van der Waals surface area contributed by atoms with Gasteiger partial charge in [-0.2, -0.15) is 0 Å². The second-order valence-electron chi connectivity index (χ2n) is 3.81. The fourth-order valence-electron chi connectivity index (χ4n) is 1.79. The summed E-state index contributed by atoms with van der Waals surface area (Å²) in [5, 5.41) is 16.6. The Kier molecular flexibility index (Phi) is 3.96. The van der Waals surface area contributed by atoms with Crippen molar-refractivity contribution in [3.63, 3.8) is 0 Å². The molecule has 0 saturated heterocycles. The Morgan fingerprint density at radius 2 is 2.27 bits per heavy atom. The van der Waals surface area contributed by atoms with Crippen LogP contribution in [0, 0.1) is 0 Å². The lowest BCUT2D eigenvalue weighted by atomic mass is 10.4. The third-order valence-corrected chi connectivity index (χ3v) is 3.95. The van der Waals surface area contributed by atoms with Crippen LogP contribution in [0.3, 0.4) is 0 Å². The Morgan fingerprint density at radius 3 is 3.00 bits per heavy atom. The quantitative estimate of drug-likeness (QED) is 0.811. The topological polar surface area (TPSA) is 55.6 Å². The van der Waals surface area contributed by atoms with Crippen molar-refractivity contribution in [1.29, 1.82) is 0 Å². The lowest BCUT2D eigenvalue weighted by molar-refractivity contribution is 0.529. The normalized spacial score (nSPS) is 17.4. The standard InChI is InChI=1S/C9H17N5S/c1-10-6-7-14-9(11-12-13-14)15-8-4-2-3-5-8/h8,10H,2-7H2,1H3. The molecular formula is C9H17N5S. The summed E-state index contributed by atoms with van der Waals surface area (Å²) in [5.41, 5.74) is 0. The van der Waals surface area contributed by atoms with E-state index in [0.717, 1.165) is 23.5 Å². The van der Waals surface area contributed by atoms with Crippen LogP contribution in [0.15, 0.2) is 5.16 Å². The molecule has 1 heterocycles. The van der Waals surface area contributed by atoms with Crippen LogP contribution in [0.25, 0.3) is 0 Å². The third-order valence-electron chi connectivity index (χ3n) is 2.65. The molecule has 6 heteroatoms. The molecule has 1 fully saturated rings. The molecule has 5 nitrogen and oxygen atoms in total. The van der Waals surface area contributed by atoms with E-state index in [1.165, 1.54) is 25.7 Å². The first-order valence-electron chi connectivity index (χ1n) is 5.47. The number of aromatic nitrogens is 4. The van der Waals surface area contributed by atoms with E-state index in [4.69, 9.17) is 0 Å². The van der Waals surface area contributed by atoms with Gasteiger partial charge in [0, 0.05) is 11.8 Å². The van der Waals surface area contributed by atoms with Crippen LogP contribution in [-0.4, -0.2) is 39.0 Å². The molecule has 1 aromatic heterocycles. The summed E-state index contributed by atoms with van der Waals surface area (Å²) in [5.74, 6) is 0. The third kappa shape index (κ3) is 2.92. The summed E-state index contributed by atoms with van der Waals surface area (Å²) in [7, 11) is 1.94. The van der Waals surface area contributed by atoms with Gasteiger partial charge in [-0.3, -0.25) is 0 Å². The first-order valence-corrected chi connectivity index (χ1v) is 6.35. The maximum absolute atomic E-state index is 4.07. The molecule has 1 aliphatic carbocycles. The minimum Gasteiger partial charge on any atom is -0.318 e. The van der Waals surface area contributed by atoms with E-state index in [1.54, 1.807) is 0 Å². The lowest BCUT2D eigenvalue weighted by Crippen LogP contribution is -2.16. The molecule has 15 heavy (non-hydrogen) atoms. The van der Waals surface area contributed by atoms with Gasteiger partial charge < -0.3 is 5.32 Å². The summed E-state index contributed by atoms with van der Waals surface area (Å²) < 4.78 is 1.89. The number of likely N-dealkylation sites (N-methyl/N-ethyl adjacent to an activating group) is 1. The average Bonchev–Trinajstić information content (AvgIpc) is 2.87. The van der Waals surface area contributed by atoms with Crippen molar-refractivity contribution >= 4 is 11.8 Å². The van der Waals surface area contributed by atoms with E-state index in [2.05, 4.69) is 20.8 Å². The highest BCUT2D eigenvalue weighted by Crippen LogP contribution is 2.33. The number of hydrogen-bond acceptors (Lipinski definition) is 5. The highest BCUT2D eigenvalue weighted by molar-refractivity contribution is 7.99. The molecular weight excluding hydrogens is 210 g/mol. The Bertz CT molecular complexity index is 294. The van der Waals surface area contributed by atoms with E-state index in [0.29, 0.717) is 0 Å². The van der Waals surface area contributed by atoms with E-state index < -0.39 is 0 Å². The van der Waals surface area contributed by atoms with Gasteiger partial charge in [-0.05, 0) is 30.3 Å². The number of hydrogen-bond donors (Lipinski definition) is 1. The van der Waals surface area contributed by atoms with Gasteiger partial charge in [-0.15, -0.1) is 5.10 Å². The molecule has 1 saturated carbocycles. The van der Waals surface area contributed by atoms with E-state index in [-0.39, 0.29) is 0 Å². The van der Waals surface area contributed by atoms with Crippen LogP contribution in [0.4, 0.5) is 0 Å². The van der Waals surface area contributed by atoms with E-state index >= 15 is 0 Å². The molecule has 0 amide bonds. The Morgan fingerprint density at radius 1 is 1.47 bits per heavy atom. The Labute approximate surface area is 94.0 Å². The van der Waals surface area contributed by atoms with Gasteiger partial charge in [-0.1, -0.05) is 24.6 Å². The van der Waals surface area contributed by atoms with Crippen molar-refractivity contribution in [2.75, 3.05) is 13.6 Å². The van der Waals surface area contributed by atoms with Gasteiger partial charge >= 0.3 is 0 Å². The van der Waals surface area contributed by atoms with Crippen LogP contribution in [0.2, 0.25) is 0 Å². The molecule has 1 aliphatic rings. The van der Waals surface area contributed by atoms with Crippen molar-refractivity contribution in [3.05, 3.63) is 0 Å².